The zero-order valence-corrected chi connectivity index (χ0v) is 8.82. The van der Waals surface area contributed by atoms with Crippen LogP contribution in [0.25, 0.3) is 0 Å². The number of rotatable bonds is 5. The van der Waals surface area contributed by atoms with Gasteiger partial charge in [0.05, 0.1) is 0 Å². The summed E-state index contributed by atoms with van der Waals surface area (Å²) in [6.45, 7) is 4.97. The molecule has 0 fully saturated rings. The van der Waals surface area contributed by atoms with Gasteiger partial charge in [0, 0.05) is 6.54 Å². The number of aromatic nitrogens is 3. The molecule has 0 amide bonds. The monoisotopic (exact) mass is 192 g/mol. The second-order valence-corrected chi connectivity index (χ2v) is 3.32. The van der Waals surface area contributed by atoms with E-state index in [-0.39, 0.29) is 0 Å². The molecule has 76 valence electrons. The summed E-state index contributed by atoms with van der Waals surface area (Å²) in [6.07, 6.45) is 4.03. The maximum atomic E-state index is 8.96. The van der Waals surface area contributed by atoms with Gasteiger partial charge in [0.1, 0.15) is 11.8 Å². The molecule has 0 atom stereocenters. The minimum Gasteiger partial charge on any atom is -0.234 e. The van der Waals surface area contributed by atoms with Gasteiger partial charge < -0.3 is 0 Å². The molecule has 0 aliphatic heterocycles. The van der Waals surface area contributed by atoms with Crippen molar-refractivity contribution in [3.05, 3.63) is 11.4 Å². The molecule has 4 heteroatoms. The number of unbranched alkanes of at least 4 members (excludes halogenated alkanes) is 1. The van der Waals surface area contributed by atoms with E-state index in [1.807, 2.05) is 0 Å². The van der Waals surface area contributed by atoms with Gasteiger partial charge in [-0.1, -0.05) is 25.5 Å². The van der Waals surface area contributed by atoms with E-state index < -0.39 is 0 Å². The molecule has 0 aliphatic rings. The molecule has 0 radical (unpaired) electrons. The summed E-state index contributed by atoms with van der Waals surface area (Å²) >= 11 is 0. The van der Waals surface area contributed by atoms with Crippen LogP contribution in [-0.4, -0.2) is 15.0 Å². The van der Waals surface area contributed by atoms with Crippen LogP contribution in [0.1, 0.15) is 44.5 Å². The smallest absolute Gasteiger partial charge is 0.161 e. The lowest BCUT2D eigenvalue weighted by molar-refractivity contribution is 0.573. The van der Waals surface area contributed by atoms with Gasteiger partial charge in [-0.05, 0) is 19.3 Å². The highest BCUT2D eigenvalue weighted by Gasteiger charge is 2.10. The topological polar surface area (TPSA) is 54.5 Å². The fourth-order valence-electron chi connectivity index (χ4n) is 1.35. The normalized spacial score (nSPS) is 10.1. The molecule has 1 aromatic rings. The molecule has 1 rings (SSSR count). The van der Waals surface area contributed by atoms with Gasteiger partial charge in [-0.15, -0.1) is 5.10 Å². The van der Waals surface area contributed by atoms with Gasteiger partial charge >= 0.3 is 0 Å². The van der Waals surface area contributed by atoms with Crippen molar-refractivity contribution >= 4 is 0 Å². The molecule has 0 spiro atoms. The van der Waals surface area contributed by atoms with E-state index in [1.54, 1.807) is 4.68 Å². The molecule has 1 heterocycles. The van der Waals surface area contributed by atoms with Crippen LogP contribution >= 0.6 is 0 Å². The van der Waals surface area contributed by atoms with E-state index in [0.717, 1.165) is 37.9 Å². The van der Waals surface area contributed by atoms with Crippen LogP contribution in [0.2, 0.25) is 0 Å². The van der Waals surface area contributed by atoms with Crippen molar-refractivity contribution < 1.29 is 0 Å². The van der Waals surface area contributed by atoms with E-state index in [0.29, 0.717) is 5.69 Å². The molecule has 0 saturated heterocycles. The predicted molar refractivity (Wildman–Crippen MR) is 53.6 cm³/mol. The highest BCUT2D eigenvalue weighted by molar-refractivity contribution is 5.25. The highest BCUT2D eigenvalue weighted by atomic mass is 15.4. The number of hydrogen-bond acceptors (Lipinski definition) is 3. The molecule has 0 bridgehead atoms. The summed E-state index contributed by atoms with van der Waals surface area (Å²) < 4.78 is 1.70. The minimum absolute atomic E-state index is 0.639. The standard InChI is InChI=1S/C10H16N4/c1-3-5-6-9-10(8-11)14(7-4-2)13-12-9/h3-7H2,1-2H3. The Balaban J connectivity index is 2.79. The van der Waals surface area contributed by atoms with Crippen LogP contribution in [0.4, 0.5) is 0 Å². The second kappa shape index (κ2) is 5.38. The van der Waals surface area contributed by atoms with Crippen molar-refractivity contribution in [2.75, 3.05) is 0 Å². The average molecular weight is 192 g/mol. The zero-order chi connectivity index (χ0) is 10.4. The third-order valence-electron chi connectivity index (χ3n) is 2.11. The van der Waals surface area contributed by atoms with Crippen LogP contribution in [0.15, 0.2) is 0 Å². The zero-order valence-electron chi connectivity index (χ0n) is 8.82. The Kier molecular flexibility index (Phi) is 4.11. The summed E-state index contributed by atoms with van der Waals surface area (Å²) in [4.78, 5) is 0. The van der Waals surface area contributed by atoms with Crippen molar-refractivity contribution in [1.82, 2.24) is 15.0 Å². The number of aryl methyl sites for hydroxylation is 2. The highest BCUT2D eigenvalue weighted by Crippen LogP contribution is 2.08. The quantitative estimate of drug-likeness (QED) is 0.716. The molecule has 0 aromatic carbocycles. The van der Waals surface area contributed by atoms with Crippen molar-refractivity contribution in [2.45, 2.75) is 46.1 Å². The largest absolute Gasteiger partial charge is 0.234 e. The SMILES string of the molecule is CCCCc1nnn(CCC)c1C#N. The summed E-state index contributed by atoms with van der Waals surface area (Å²) in [6, 6.07) is 2.18. The third-order valence-corrected chi connectivity index (χ3v) is 2.11. The predicted octanol–water partition coefficient (Wildman–Crippen LogP) is 1.90. The van der Waals surface area contributed by atoms with Crippen LogP contribution in [-0.2, 0) is 13.0 Å². The third kappa shape index (κ3) is 2.32. The van der Waals surface area contributed by atoms with Gasteiger partial charge in [-0.2, -0.15) is 5.26 Å². The summed E-state index contributed by atoms with van der Waals surface area (Å²) in [5.74, 6) is 0. The van der Waals surface area contributed by atoms with E-state index in [4.69, 9.17) is 5.26 Å². The van der Waals surface area contributed by atoms with Gasteiger partial charge in [0.2, 0.25) is 0 Å². The summed E-state index contributed by atoms with van der Waals surface area (Å²) in [5.41, 5.74) is 1.49. The Morgan fingerprint density at radius 2 is 2.14 bits per heavy atom. The maximum Gasteiger partial charge on any atom is 0.161 e. The first-order valence-corrected chi connectivity index (χ1v) is 5.15. The molecular weight excluding hydrogens is 176 g/mol. The Labute approximate surface area is 84.5 Å². The molecule has 14 heavy (non-hydrogen) atoms. The summed E-state index contributed by atoms with van der Waals surface area (Å²) in [5, 5.41) is 17.0. The molecule has 1 aromatic heterocycles. The van der Waals surface area contributed by atoms with E-state index in [9.17, 15) is 0 Å². The van der Waals surface area contributed by atoms with Crippen LogP contribution in [0.5, 0.6) is 0 Å². The van der Waals surface area contributed by atoms with Crippen LogP contribution in [0.3, 0.4) is 0 Å². The van der Waals surface area contributed by atoms with Crippen molar-refractivity contribution in [3.8, 4) is 6.07 Å². The molecule has 0 N–H and O–H groups in total. The Morgan fingerprint density at radius 1 is 1.36 bits per heavy atom. The number of nitriles is 1. The van der Waals surface area contributed by atoms with Gasteiger partial charge in [-0.25, -0.2) is 4.68 Å². The molecule has 0 aliphatic carbocycles. The first kappa shape index (κ1) is 10.7. The second-order valence-electron chi connectivity index (χ2n) is 3.32. The molecule has 0 saturated carbocycles. The van der Waals surface area contributed by atoms with Crippen molar-refractivity contribution in [3.63, 3.8) is 0 Å². The van der Waals surface area contributed by atoms with Crippen molar-refractivity contribution in [1.29, 1.82) is 5.26 Å². The fraction of sp³-hybridized carbons (Fsp3) is 0.700. The van der Waals surface area contributed by atoms with Gasteiger partial charge in [0.25, 0.3) is 0 Å². The van der Waals surface area contributed by atoms with E-state index >= 15 is 0 Å². The Bertz CT molecular complexity index is 321. The van der Waals surface area contributed by atoms with Crippen LogP contribution in [0, 0.1) is 11.3 Å². The average Bonchev–Trinajstić information content (AvgIpc) is 2.58. The lowest BCUT2D eigenvalue weighted by Crippen LogP contribution is -2.02. The Morgan fingerprint density at radius 3 is 2.71 bits per heavy atom. The first-order valence-electron chi connectivity index (χ1n) is 5.15. The van der Waals surface area contributed by atoms with E-state index in [1.165, 1.54) is 0 Å². The molecule has 4 nitrogen and oxygen atoms in total. The van der Waals surface area contributed by atoms with Crippen LogP contribution < -0.4 is 0 Å². The molecular formula is C10H16N4. The fourth-order valence-corrected chi connectivity index (χ4v) is 1.35. The number of hydrogen-bond donors (Lipinski definition) is 0. The van der Waals surface area contributed by atoms with Gasteiger partial charge in [0.15, 0.2) is 5.69 Å². The number of nitrogens with zero attached hydrogens (tertiary/aromatic N) is 4. The Hall–Kier alpha value is -1.37. The lowest BCUT2D eigenvalue weighted by atomic mass is 10.2. The minimum atomic E-state index is 0.639. The summed E-state index contributed by atoms with van der Waals surface area (Å²) in [7, 11) is 0. The van der Waals surface area contributed by atoms with E-state index in [2.05, 4.69) is 30.2 Å². The van der Waals surface area contributed by atoms with Crippen molar-refractivity contribution in [2.24, 2.45) is 0 Å². The maximum absolute atomic E-state index is 8.96. The van der Waals surface area contributed by atoms with Gasteiger partial charge in [-0.3, -0.25) is 0 Å². The lowest BCUT2D eigenvalue weighted by Gasteiger charge is -1.98. The molecule has 0 unspecified atom stereocenters. The first-order chi connectivity index (χ1) is 6.83.